The fraction of sp³-hybridized carbons (Fsp3) is 0.462. The summed E-state index contributed by atoms with van der Waals surface area (Å²) in [5.41, 5.74) is -1.14. The van der Waals surface area contributed by atoms with Crippen LogP contribution in [0.3, 0.4) is 0 Å². The highest BCUT2D eigenvalue weighted by Crippen LogP contribution is 2.34. The first-order valence-corrected chi connectivity index (χ1v) is 6.32. The molecule has 1 aromatic carbocycles. The van der Waals surface area contributed by atoms with Gasteiger partial charge in [0.25, 0.3) is 0 Å². The molecule has 1 amide bonds. The van der Waals surface area contributed by atoms with Crippen LogP contribution in [0.15, 0.2) is 18.2 Å². The van der Waals surface area contributed by atoms with E-state index in [1.165, 1.54) is 0 Å². The van der Waals surface area contributed by atoms with Gasteiger partial charge >= 0.3 is 6.18 Å². The van der Waals surface area contributed by atoms with Crippen molar-refractivity contribution in [2.24, 2.45) is 0 Å². The van der Waals surface area contributed by atoms with Gasteiger partial charge in [-0.3, -0.25) is 4.79 Å². The fourth-order valence-electron chi connectivity index (χ4n) is 2.11. The Kier molecular flexibility index (Phi) is 4.17. The van der Waals surface area contributed by atoms with E-state index in [1.807, 2.05) is 0 Å². The van der Waals surface area contributed by atoms with Gasteiger partial charge in [0.1, 0.15) is 5.75 Å². The van der Waals surface area contributed by atoms with Gasteiger partial charge in [-0.15, -0.1) is 0 Å². The zero-order valence-corrected chi connectivity index (χ0v) is 10.6. The minimum absolute atomic E-state index is 0.225. The molecule has 0 bridgehead atoms. The number of hydrogen-bond donors (Lipinski definition) is 3. The van der Waals surface area contributed by atoms with Crippen LogP contribution < -0.4 is 10.6 Å². The minimum Gasteiger partial charge on any atom is -0.506 e. The smallest absolute Gasteiger partial charge is 0.416 e. The van der Waals surface area contributed by atoms with Gasteiger partial charge < -0.3 is 15.7 Å². The Morgan fingerprint density at radius 3 is 2.70 bits per heavy atom. The van der Waals surface area contributed by atoms with Gasteiger partial charge in [-0.1, -0.05) is 6.42 Å². The van der Waals surface area contributed by atoms with Crippen LogP contribution in [-0.2, 0) is 11.0 Å². The second-order valence-corrected chi connectivity index (χ2v) is 4.72. The third kappa shape index (κ3) is 3.41. The molecule has 0 saturated carbocycles. The molecule has 0 spiro atoms. The SMILES string of the molecule is O=C(Nc1cc(C(F)(F)F)ccc1O)[C@@H]1CCCCN1. The molecule has 1 atom stereocenters. The maximum absolute atomic E-state index is 12.6. The molecule has 1 fully saturated rings. The fourth-order valence-corrected chi connectivity index (χ4v) is 2.11. The zero-order chi connectivity index (χ0) is 14.8. The number of halogens is 3. The lowest BCUT2D eigenvalue weighted by molar-refractivity contribution is -0.137. The van der Waals surface area contributed by atoms with Crippen molar-refractivity contribution in [2.75, 3.05) is 11.9 Å². The molecule has 110 valence electrons. The second kappa shape index (κ2) is 5.70. The van der Waals surface area contributed by atoms with Crippen molar-refractivity contribution in [3.05, 3.63) is 23.8 Å². The number of alkyl halides is 3. The van der Waals surface area contributed by atoms with Crippen molar-refractivity contribution in [1.29, 1.82) is 0 Å². The first kappa shape index (κ1) is 14.6. The number of phenols is 1. The summed E-state index contributed by atoms with van der Waals surface area (Å²) in [5.74, 6) is -0.818. The molecule has 0 unspecified atom stereocenters. The Hall–Kier alpha value is -1.76. The van der Waals surface area contributed by atoms with Crippen LogP contribution in [0.4, 0.5) is 18.9 Å². The number of nitrogens with one attached hydrogen (secondary N) is 2. The molecule has 20 heavy (non-hydrogen) atoms. The number of phenolic OH excluding ortho intramolecular Hbond substituents is 1. The van der Waals surface area contributed by atoms with Gasteiger partial charge in [0, 0.05) is 0 Å². The van der Waals surface area contributed by atoms with Crippen LogP contribution in [-0.4, -0.2) is 23.6 Å². The van der Waals surface area contributed by atoms with E-state index in [9.17, 15) is 23.1 Å². The highest BCUT2D eigenvalue weighted by molar-refractivity contribution is 5.96. The maximum atomic E-state index is 12.6. The summed E-state index contributed by atoms with van der Waals surface area (Å²) in [4.78, 5) is 11.9. The summed E-state index contributed by atoms with van der Waals surface area (Å²) in [6.45, 7) is 0.701. The maximum Gasteiger partial charge on any atom is 0.416 e. The quantitative estimate of drug-likeness (QED) is 0.733. The van der Waals surface area contributed by atoms with Crippen LogP contribution >= 0.6 is 0 Å². The van der Waals surface area contributed by atoms with E-state index in [0.717, 1.165) is 31.0 Å². The first-order chi connectivity index (χ1) is 9.38. The van der Waals surface area contributed by atoms with Gasteiger partial charge in [-0.2, -0.15) is 13.2 Å². The molecule has 0 aliphatic carbocycles. The molecule has 1 saturated heterocycles. The topological polar surface area (TPSA) is 61.4 Å². The van der Waals surface area contributed by atoms with E-state index in [4.69, 9.17) is 0 Å². The number of piperidine rings is 1. The molecule has 7 heteroatoms. The minimum atomic E-state index is -4.52. The summed E-state index contributed by atoms with van der Waals surface area (Å²) in [5, 5.41) is 14.9. The molecule has 4 nitrogen and oxygen atoms in total. The monoisotopic (exact) mass is 288 g/mol. The molecule has 0 aromatic heterocycles. The van der Waals surface area contributed by atoms with Gasteiger partial charge in [0.2, 0.25) is 5.91 Å². The van der Waals surface area contributed by atoms with Crippen LogP contribution in [0.2, 0.25) is 0 Å². The highest BCUT2D eigenvalue weighted by Gasteiger charge is 2.31. The summed E-state index contributed by atoms with van der Waals surface area (Å²) < 4.78 is 37.8. The molecule has 1 aromatic rings. The predicted molar refractivity (Wildman–Crippen MR) is 67.4 cm³/mol. The zero-order valence-electron chi connectivity index (χ0n) is 10.6. The van der Waals surface area contributed by atoms with Gasteiger partial charge in [0.15, 0.2) is 0 Å². The van der Waals surface area contributed by atoms with Crippen molar-refractivity contribution in [3.8, 4) is 5.75 Å². The number of benzene rings is 1. The second-order valence-electron chi connectivity index (χ2n) is 4.72. The number of carbonyl (C=O) groups excluding carboxylic acids is 1. The van der Waals surface area contributed by atoms with E-state index in [1.54, 1.807) is 0 Å². The Morgan fingerprint density at radius 1 is 1.35 bits per heavy atom. The van der Waals surface area contributed by atoms with Crippen molar-refractivity contribution >= 4 is 11.6 Å². The van der Waals surface area contributed by atoms with Gasteiger partial charge in [0.05, 0.1) is 17.3 Å². The number of carbonyl (C=O) groups is 1. The van der Waals surface area contributed by atoms with E-state index in [-0.39, 0.29) is 11.4 Å². The van der Waals surface area contributed by atoms with Gasteiger partial charge in [-0.05, 0) is 37.6 Å². The lowest BCUT2D eigenvalue weighted by Crippen LogP contribution is -2.43. The molecule has 3 N–H and O–H groups in total. The van der Waals surface area contributed by atoms with E-state index in [0.29, 0.717) is 13.0 Å². The van der Waals surface area contributed by atoms with Crippen LogP contribution in [0.1, 0.15) is 24.8 Å². The van der Waals surface area contributed by atoms with Crippen molar-refractivity contribution in [3.63, 3.8) is 0 Å². The molecule has 1 heterocycles. The lowest BCUT2D eigenvalue weighted by atomic mass is 10.0. The number of rotatable bonds is 2. The summed E-state index contributed by atoms with van der Waals surface area (Å²) in [6.07, 6.45) is -2.03. The summed E-state index contributed by atoms with van der Waals surface area (Å²) in [6, 6.07) is 1.99. The molecular formula is C13H15F3N2O2. The van der Waals surface area contributed by atoms with Crippen LogP contribution in [0.25, 0.3) is 0 Å². The Balaban J connectivity index is 2.13. The van der Waals surface area contributed by atoms with Crippen LogP contribution in [0, 0.1) is 0 Å². The molecule has 2 rings (SSSR count). The van der Waals surface area contributed by atoms with Crippen molar-refractivity contribution in [1.82, 2.24) is 5.32 Å². The molecule has 1 aliphatic heterocycles. The van der Waals surface area contributed by atoms with Crippen molar-refractivity contribution in [2.45, 2.75) is 31.5 Å². The van der Waals surface area contributed by atoms with E-state index < -0.39 is 23.7 Å². The Labute approximate surface area is 114 Å². The standard InChI is InChI=1S/C13H15F3N2O2/c14-13(15,16)8-4-5-11(19)10(7-8)18-12(20)9-3-1-2-6-17-9/h4-5,7,9,17,19H,1-3,6H2,(H,18,20)/t9-/m0/s1. The average molecular weight is 288 g/mol. The Morgan fingerprint density at radius 2 is 2.10 bits per heavy atom. The average Bonchev–Trinajstić information content (AvgIpc) is 2.41. The molecule has 1 aliphatic rings. The van der Waals surface area contributed by atoms with Crippen molar-refractivity contribution < 1.29 is 23.1 Å². The summed E-state index contributed by atoms with van der Waals surface area (Å²) >= 11 is 0. The third-order valence-corrected chi connectivity index (χ3v) is 3.21. The highest BCUT2D eigenvalue weighted by atomic mass is 19.4. The first-order valence-electron chi connectivity index (χ1n) is 6.32. The van der Waals surface area contributed by atoms with Gasteiger partial charge in [-0.25, -0.2) is 0 Å². The summed E-state index contributed by atoms with van der Waals surface area (Å²) in [7, 11) is 0. The largest absolute Gasteiger partial charge is 0.506 e. The molecular weight excluding hydrogens is 273 g/mol. The molecule has 0 radical (unpaired) electrons. The number of anilines is 1. The lowest BCUT2D eigenvalue weighted by Gasteiger charge is -2.23. The number of hydrogen-bond acceptors (Lipinski definition) is 3. The van der Waals surface area contributed by atoms with E-state index >= 15 is 0 Å². The third-order valence-electron chi connectivity index (χ3n) is 3.21. The number of amides is 1. The van der Waals surface area contributed by atoms with E-state index in [2.05, 4.69) is 10.6 Å². The normalized spacial score (nSPS) is 19.6. The van der Waals surface area contributed by atoms with Crippen LogP contribution in [0.5, 0.6) is 5.75 Å². The Bertz CT molecular complexity index is 497. The predicted octanol–water partition coefficient (Wildman–Crippen LogP) is 2.49. The number of aromatic hydroxyl groups is 1.